The summed E-state index contributed by atoms with van der Waals surface area (Å²) in [4.78, 5) is 38.6. The van der Waals surface area contributed by atoms with E-state index in [0.29, 0.717) is 16.8 Å². The lowest BCUT2D eigenvalue weighted by atomic mass is 10.1. The van der Waals surface area contributed by atoms with Crippen LogP contribution < -0.4 is 19.7 Å². The highest BCUT2D eigenvalue weighted by molar-refractivity contribution is 6.39. The quantitative estimate of drug-likeness (QED) is 0.407. The van der Waals surface area contributed by atoms with Crippen LogP contribution in [0.4, 0.5) is 14.9 Å². The number of para-hydroxylation sites is 1. The molecule has 0 radical (unpaired) electrons. The van der Waals surface area contributed by atoms with E-state index in [9.17, 15) is 18.8 Å². The van der Waals surface area contributed by atoms with Crippen molar-refractivity contribution in [2.75, 3.05) is 12.0 Å². The molecule has 0 spiro atoms. The smallest absolute Gasteiger partial charge is 0.335 e. The van der Waals surface area contributed by atoms with Crippen LogP contribution >= 0.6 is 11.6 Å². The predicted octanol–water partition coefficient (Wildman–Crippen LogP) is 4.73. The molecule has 0 unspecified atom stereocenters. The van der Waals surface area contributed by atoms with Gasteiger partial charge in [-0.3, -0.25) is 14.9 Å². The molecule has 0 aliphatic carbocycles. The van der Waals surface area contributed by atoms with E-state index in [1.54, 1.807) is 42.5 Å². The molecule has 1 heterocycles. The summed E-state index contributed by atoms with van der Waals surface area (Å²) in [7, 11) is 1.41. The normalized spacial score (nSPS) is 14.9. The van der Waals surface area contributed by atoms with E-state index in [0.717, 1.165) is 4.90 Å². The van der Waals surface area contributed by atoms with Crippen molar-refractivity contribution in [1.29, 1.82) is 0 Å². The SMILES string of the molecule is COc1cc(/C=C2\C(=O)NC(=O)N(c3ccccc3)C2=O)cc(Cl)c1OCc1cccc(F)c1. The first-order valence-electron chi connectivity index (χ1n) is 10.1. The number of amides is 4. The Balaban J connectivity index is 1.64. The highest BCUT2D eigenvalue weighted by Crippen LogP contribution is 2.38. The number of nitrogens with zero attached hydrogens (tertiary/aromatic N) is 1. The minimum Gasteiger partial charge on any atom is -0.493 e. The van der Waals surface area contributed by atoms with Crippen molar-refractivity contribution in [2.45, 2.75) is 6.61 Å². The Labute approximate surface area is 199 Å². The summed E-state index contributed by atoms with van der Waals surface area (Å²) >= 11 is 6.39. The number of hydrogen-bond acceptors (Lipinski definition) is 5. The van der Waals surface area contributed by atoms with Crippen molar-refractivity contribution in [2.24, 2.45) is 0 Å². The lowest BCUT2D eigenvalue weighted by molar-refractivity contribution is -0.122. The van der Waals surface area contributed by atoms with E-state index in [1.807, 2.05) is 0 Å². The third kappa shape index (κ3) is 4.77. The molecule has 1 fully saturated rings. The number of hydrogen-bond donors (Lipinski definition) is 1. The van der Waals surface area contributed by atoms with Gasteiger partial charge in [0.1, 0.15) is 18.0 Å². The summed E-state index contributed by atoms with van der Waals surface area (Å²) in [6, 6.07) is 16.4. The van der Waals surface area contributed by atoms with Gasteiger partial charge in [0, 0.05) is 0 Å². The van der Waals surface area contributed by atoms with E-state index in [4.69, 9.17) is 21.1 Å². The van der Waals surface area contributed by atoms with Crippen LogP contribution in [0.15, 0.2) is 72.3 Å². The molecule has 0 aromatic heterocycles. The maximum Gasteiger partial charge on any atom is 0.335 e. The summed E-state index contributed by atoms with van der Waals surface area (Å²) < 4.78 is 24.5. The van der Waals surface area contributed by atoms with E-state index in [2.05, 4.69) is 5.32 Å². The van der Waals surface area contributed by atoms with E-state index in [-0.39, 0.29) is 34.5 Å². The first-order chi connectivity index (χ1) is 16.4. The number of urea groups is 1. The second-order valence-electron chi connectivity index (χ2n) is 7.25. The fourth-order valence-electron chi connectivity index (χ4n) is 3.38. The van der Waals surface area contributed by atoms with Gasteiger partial charge in [0.05, 0.1) is 17.8 Å². The molecule has 1 N–H and O–H groups in total. The van der Waals surface area contributed by atoms with Gasteiger partial charge in [-0.2, -0.15) is 0 Å². The Morgan fingerprint density at radius 2 is 1.79 bits per heavy atom. The monoisotopic (exact) mass is 480 g/mol. The second-order valence-corrected chi connectivity index (χ2v) is 7.65. The average molecular weight is 481 g/mol. The van der Waals surface area contributed by atoms with E-state index >= 15 is 0 Å². The molecule has 0 atom stereocenters. The molecule has 7 nitrogen and oxygen atoms in total. The van der Waals surface area contributed by atoms with Crippen molar-refractivity contribution >= 4 is 41.2 Å². The molecule has 172 valence electrons. The number of rotatable bonds is 6. The minimum atomic E-state index is -0.838. The molecule has 3 aromatic carbocycles. The Morgan fingerprint density at radius 3 is 2.50 bits per heavy atom. The molecule has 1 aliphatic rings. The highest BCUT2D eigenvalue weighted by atomic mass is 35.5. The molecule has 4 rings (SSSR count). The van der Waals surface area contributed by atoms with Crippen molar-refractivity contribution in [3.05, 3.63) is 94.3 Å². The zero-order valence-electron chi connectivity index (χ0n) is 17.9. The number of halogens is 2. The van der Waals surface area contributed by atoms with Crippen LogP contribution in [-0.4, -0.2) is 25.0 Å². The largest absolute Gasteiger partial charge is 0.493 e. The molecule has 34 heavy (non-hydrogen) atoms. The number of imide groups is 2. The van der Waals surface area contributed by atoms with Crippen LogP contribution in [0.25, 0.3) is 6.08 Å². The topological polar surface area (TPSA) is 84.9 Å². The van der Waals surface area contributed by atoms with E-state index < -0.39 is 17.8 Å². The van der Waals surface area contributed by atoms with Crippen LogP contribution in [0.1, 0.15) is 11.1 Å². The fourth-order valence-corrected chi connectivity index (χ4v) is 3.65. The number of nitrogens with one attached hydrogen (secondary N) is 1. The Morgan fingerprint density at radius 1 is 1.03 bits per heavy atom. The summed E-state index contributed by atoms with van der Waals surface area (Å²) in [6.45, 7) is 0.0450. The third-order valence-corrected chi connectivity index (χ3v) is 5.23. The van der Waals surface area contributed by atoms with Crippen molar-refractivity contribution < 1.29 is 28.2 Å². The summed E-state index contributed by atoms with van der Waals surface area (Å²) in [5, 5.41) is 2.32. The van der Waals surface area contributed by atoms with Crippen LogP contribution in [-0.2, 0) is 16.2 Å². The molecular weight excluding hydrogens is 463 g/mol. The number of benzene rings is 3. The van der Waals surface area contributed by atoms with Gasteiger partial charge in [-0.05, 0) is 53.6 Å². The molecule has 0 bridgehead atoms. The number of ether oxygens (including phenoxy) is 2. The first-order valence-corrected chi connectivity index (χ1v) is 10.5. The maximum absolute atomic E-state index is 13.4. The Bertz CT molecular complexity index is 1310. The standard InChI is InChI=1S/C25H18ClFN2O5/c1-33-21-13-16(12-20(26)22(21)34-14-15-6-5-7-17(27)10-15)11-19-23(30)28-25(32)29(24(19)31)18-8-3-2-4-9-18/h2-13H,14H2,1H3,(H,28,30,32)/b19-11+. The second kappa shape index (κ2) is 9.76. The van der Waals surface area contributed by atoms with Crippen LogP contribution in [0.3, 0.4) is 0 Å². The molecule has 1 saturated heterocycles. The number of barbiturate groups is 1. The van der Waals surface area contributed by atoms with Crippen molar-refractivity contribution in [3.8, 4) is 11.5 Å². The molecule has 3 aromatic rings. The van der Waals surface area contributed by atoms with Gasteiger partial charge in [0.15, 0.2) is 11.5 Å². The van der Waals surface area contributed by atoms with Gasteiger partial charge < -0.3 is 9.47 Å². The fraction of sp³-hybridized carbons (Fsp3) is 0.0800. The summed E-state index contributed by atoms with van der Waals surface area (Å²) in [5.74, 6) is -1.53. The average Bonchev–Trinajstić information content (AvgIpc) is 2.81. The van der Waals surface area contributed by atoms with Crippen molar-refractivity contribution in [1.82, 2.24) is 5.32 Å². The first kappa shape index (κ1) is 23.0. The summed E-state index contributed by atoms with van der Waals surface area (Å²) in [6.07, 6.45) is 1.31. The van der Waals surface area contributed by atoms with E-state index in [1.165, 1.54) is 37.5 Å². The number of carbonyl (C=O) groups is 3. The summed E-state index contributed by atoms with van der Waals surface area (Å²) in [5.41, 5.74) is 1.04. The highest BCUT2D eigenvalue weighted by Gasteiger charge is 2.36. The lowest BCUT2D eigenvalue weighted by Crippen LogP contribution is -2.54. The van der Waals surface area contributed by atoms with Gasteiger partial charge in [-0.1, -0.05) is 41.9 Å². The number of anilines is 1. The van der Waals surface area contributed by atoms with Gasteiger partial charge >= 0.3 is 6.03 Å². The Kier molecular flexibility index (Phi) is 6.60. The Hall–Kier alpha value is -4.17. The van der Waals surface area contributed by atoms with Gasteiger partial charge in [0.25, 0.3) is 11.8 Å². The van der Waals surface area contributed by atoms with Crippen LogP contribution in [0, 0.1) is 5.82 Å². The zero-order valence-corrected chi connectivity index (χ0v) is 18.6. The number of methoxy groups -OCH3 is 1. The maximum atomic E-state index is 13.4. The molecular formula is C25H18ClFN2O5. The molecule has 9 heteroatoms. The predicted molar refractivity (Wildman–Crippen MR) is 124 cm³/mol. The molecule has 1 aliphatic heterocycles. The zero-order chi connectivity index (χ0) is 24.2. The van der Waals surface area contributed by atoms with Crippen LogP contribution in [0.2, 0.25) is 5.02 Å². The molecule has 0 saturated carbocycles. The lowest BCUT2D eigenvalue weighted by Gasteiger charge is -2.26. The van der Waals surface area contributed by atoms with Gasteiger partial charge in [0.2, 0.25) is 0 Å². The van der Waals surface area contributed by atoms with Crippen LogP contribution in [0.5, 0.6) is 11.5 Å². The van der Waals surface area contributed by atoms with Crippen molar-refractivity contribution in [3.63, 3.8) is 0 Å². The minimum absolute atomic E-state index is 0.0450. The third-order valence-electron chi connectivity index (χ3n) is 4.95. The molecule has 4 amide bonds. The van der Waals surface area contributed by atoms with Gasteiger partial charge in [-0.25, -0.2) is 14.1 Å². The van der Waals surface area contributed by atoms with Gasteiger partial charge in [-0.15, -0.1) is 0 Å². The number of carbonyl (C=O) groups excluding carboxylic acids is 3.